The molecule has 0 spiro atoms. The summed E-state index contributed by atoms with van der Waals surface area (Å²) >= 11 is 6.70. The molecule has 0 N–H and O–H groups in total. The molecule has 0 unspecified atom stereocenters. The van der Waals surface area contributed by atoms with E-state index in [9.17, 15) is 0 Å². The van der Waals surface area contributed by atoms with Crippen molar-refractivity contribution in [3.8, 4) is 33.4 Å². The van der Waals surface area contributed by atoms with Gasteiger partial charge in [0, 0.05) is 5.02 Å². The summed E-state index contributed by atoms with van der Waals surface area (Å²) in [5, 5.41) is 0.734. The topological polar surface area (TPSA) is 0 Å². The number of hydrogen-bond donors (Lipinski definition) is 0. The van der Waals surface area contributed by atoms with Crippen LogP contribution in [0.15, 0.2) is 152 Å². The van der Waals surface area contributed by atoms with Crippen molar-refractivity contribution in [2.75, 3.05) is 0 Å². The van der Waals surface area contributed by atoms with Crippen molar-refractivity contribution >= 4 is 11.6 Å². The zero-order valence-electron chi connectivity index (χ0n) is 20.8. The van der Waals surface area contributed by atoms with E-state index in [1.54, 1.807) is 0 Å². The molecule has 1 aliphatic rings. The molecule has 38 heavy (non-hydrogen) atoms. The fourth-order valence-corrected chi connectivity index (χ4v) is 6.51. The maximum absolute atomic E-state index is 6.70. The highest BCUT2D eigenvalue weighted by Gasteiger charge is 2.47. The summed E-state index contributed by atoms with van der Waals surface area (Å²) in [5.74, 6) is 0. The lowest BCUT2D eigenvalue weighted by atomic mass is 9.66. The highest BCUT2D eigenvalue weighted by molar-refractivity contribution is 6.31. The first-order chi connectivity index (χ1) is 18.8. The molecule has 6 aromatic rings. The molecule has 1 heteroatoms. The minimum Gasteiger partial charge on any atom is -0.0843 e. The van der Waals surface area contributed by atoms with Gasteiger partial charge < -0.3 is 0 Å². The molecule has 0 heterocycles. The predicted molar refractivity (Wildman–Crippen MR) is 160 cm³/mol. The SMILES string of the molecule is Clc1ccc(-c2ccccc2)c(-c2cccc3c2C(c2ccccc2)(c2ccccc2)c2ccccc2-3)c1. The van der Waals surface area contributed by atoms with Crippen LogP contribution in [0.4, 0.5) is 0 Å². The first kappa shape index (κ1) is 22.8. The second-order valence-electron chi connectivity index (χ2n) is 9.81. The average molecular weight is 505 g/mol. The Morgan fingerprint density at radius 3 is 1.58 bits per heavy atom. The quantitative estimate of drug-likeness (QED) is 0.223. The molecule has 0 saturated carbocycles. The van der Waals surface area contributed by atoms with E-state index in [-0.39, 0.29) is 0 Å². The molecular weight excluding hydrogens is 480 g/mol. The smallest absolute Gasteiger partial charge is 0.0719 e. The zero-order chi connectivity index (χ0) is 25.5. The van der Waals surface area contributed by atoms with Gasteiger partial charge in [-0.2, -0.15) is 0 Å². The number of rotatable bonds is 4. The van der Waals surface area contributed by atoms with Crippen LogP contribution in [0.3, 0.4) is 0 Å². The molecular formula is C37H25Cl. The maximum Gasteiger partial charge on any atom is 0.0719 e. The van der Waals surface area contributed by atoms with Crippen molar-refractivity contribution in [3.05, 3.63) is 179 Å². The van der Waals surface area contributed by atoms with Gasteiger partial charge in [-0.05, 0) is 67.8 Å². The van der Waals surface area contributed by atoms with Crippen LogP contribution in [-0.4, -0.2) is 0 Å². The van der Waals surface area contributed by atoms with Gasteiger partial charge in [0.25, 0.3) is 0 Å². The summed E-state index contributed by atoms with van der Waals surface area (Å²) in [4.78, 5) is 0. The van der Waals surface area contributed by atoms with Gasteiger partial charge in [0.05, 0.1) is 5.41 Å². The van der Waals surface area contributed by atoms with Crippen LogP contribution >= 0.6 is 11.6 Å². The summed E-state index contributed by atoms with van der Waals surface area (Å²) in [7, 11) is 0. The van der Waals surface area contributed by atoms with E-state index in [1.807, 2.05) is 6.07 Å². The van der Waals surface area contributed by atoms with Gasteiger partial charge in [0.15, 0.2) is 0 Å². The Labute approximate surface area is 228 Å². The minimum atomic E-state index is -0.471. The number of benzene rings is 6. The van der Waals surface area contributed by atoms with Crippen LogP contribution in [0.2, 0.25) is 5.02 Å². The van der Waals surface area contributed by atoms with Crippen molar-refractivity contribution in [2.45, 2.75) is 5.41 Å². The average Bonchev–Trinajstić information content (AvgIpc) is 3.30. The fraction of sp³-hybridized carbons (Fsp3) is 0.0270. The van der Waals surface area contributed by atoms with Gasteiger partial charge in [-0.3, -0.25) is 0 Å². The molecule has 0 nitrogen and oxygen atoms in total. The van der Waals surface area contributed by atoms with E-state index in [1.165, 1.54) is 50.1 Å². The highest BCUT2D eigenvalue weighted by atomic mass is 35.5. The molecule has 0 atom stereocenters. The minimum absolute atomic E-state index is 0.471. The lowest BCUT2D eigenvalue weighted by Gasteiger charge is -2.35. The Kier molecular flexibility index (Phi) is 5.50. The third kappa shape index (κ3) is 3.38. The van der Waals surface area contributed by atoms with E-state index < -0.39 is 5.41 Å². The second-order valence-corrected chi connectivity index (χ2v) is 10.2. The van der Waals surface area contributed by atoms with Crippen molar-refractivity contribution in [1.29, 1.82) is 0 Å². The molecule has 7 rings (SSSR count). The molecule has 0 aromatic heterocycles. The van der Waals surface area contributed by atoms with Gasteiger partial charge in [-0.25, -0.2) is 0 Å². The zero-order valence-corrected chi connectivity index (χ0v) is 21.6. The van der Waals surface area contributed by atoms with Gasteiger partial charge in [-0.1, -0.05) is 151 Å². The van der Waals surface area contributed by atoms with Gasteiger partial charge in [-0.15, -0.1) is 0 Å². The van der Waals surface area contributed by atoms with Crippen molar-refractivity contribution < 1.29 is 0 Å². The van der Waals surface area contributed by atoms with Crippen molar-refractivity contribution in [2.24, 2.45) is 0 Å². The van der Waals surface area contributed by atoms with E-state index in [2.05, 4.69) is 146 Å². The standard InChI is InChI=1S/C37H25Cl/c38-29-23-24-30(26-13-4-1-5-14-26)34(25-29)33-21-12-20-32-31-19-10-11-22-35(31)37(36(32)33,27-15-6-2-7-16-27)28-17-8-3-9-18-28/h1-25H. The summed E-state index contributed by atoms with van der Waals surface area (Å²) in [6.07, 6.45) is 0. The fourth-order valence-electron chi connectivity index (χ4n) is 6.34. The Balaban J connectivity index is 1.65. The summed E-state index contributed by atoms with van der Waals surface area (Å²) in [6.45, 7) is 0. The molecule has 0 aliphatic heterocycles. The molecule has 0 saturated heterocycles. The van der Waals surface area contributed by atoms with Crippen LogP contribution in [0.1, 0.15) is 22.3 Å². The first-order valence-electron chi connectivity index (χ1n) is 13.0. The molecule has 0 radical (unpaired) electrons. The lowest BCUT2D eigenvalue weighted by Crippen LogP contribution is -2.29. The molecule has 1 aliphatic carbocycles. The molecule has 180 valence electrons. The second kappa shape index (κ2) is 9.17. The van der Waals surface area contributed by atoms with Crippen molar-refractivity contribution in [1.82, 2.24) is 0 Å². The first-order valence-corrected chi connectivity index (χ1v) is 13.4. The predicted octanol–water partition coefficient (Wildman–Crippen LogP) is 10.0. The largest absolute Gasteiger partial charge is 0.0843 e. The molecule has 6 aromatic carbocycles. The third-order valence-corrected chi connectivity index (χ3v) is 8.07. The Morgan fingerprint density at radius 2 is 0.921 bits per heavy atom. The van der Waals surface area contributed by atoms with Gasteiger partial charge >= 0.3 is 0 Å². The maximum atomic E-state index is 6.70. The van der Waals surface area contributed by atoms with Crippen molar-refractivity contribution in [3.63, 3.8) is 0 Å². The van der Waals surface area contributed by atoms with Gasteiger partial charge in [0.1, 0.15) is 0 Å². The Hall–Kier alpha value is -4.39. The Morgan fingerprint density at radius 1 is 0.395 bits per heavy atom. The summed E-state index contributed by atoms with van der Waals surface area (Å²) in [6, 6.07) is 54.4. The normalized spacial score (nSPS) is 13.1. The molecule has 0 amide bonds. The monoisotopic (exact) mass is 504 g/mol. The highest BCUT2D eigenvalue weighted by Crippen LogP contribution is 2.59. The lowest BCUT2D eigenvalue weighted by molar-refractivity contribution is 0.770. The van der Waals surface area contributed by atoms with Crippen LogP contribution in [0.5, 0.6) is 0 Å². The summed E-state index contributed by atoms with van der Waals surface area (Å²) < 4.78 is 0. The Bertz CT molecular complexity index is 1710. The van der Waals surface area contributed by atoms with Crippen LogP contribution < -0.4 is 0 Å². The van der Waals surface area contributed by atoms with Crippen LogP contribution in [0, 0.1) is 0 Å². The third-order valence-electron chi connectivity index (χ3n) is 7.83. The van der Waals surface area contributed by atoms with Gasteiger partial charge in [0.2, 0.25) is 0 Å². The molecule has 0 fully saturated rings. The van der Waals surface area contributed by atoms with Crippen LogP contribution in [-0.2, 0) is 5.41 Å². The van der Waals surface area contributed by atoms with E-state index in [0.717, 1.165) is 10.6 Å². The van der Waals surface area contributed by atoms with E-state index >= 15 is 0 Å². The van der Waals surface area contributed by atoms with E-state index in [4.69, 9.17) is 11.6 Å². The van der Waals surface area contributed by atoms with Crippen LogP contribution in [0.25, 0.3) is 33.4 Å². The van der Waals surface area contributed by atoms with E-state index in [0.29, 0.717) is 0 Å². The summed E-state index contributed by atoms with van der Waals surface area (Å²) in [5.41, 5.74) is 11.9. The molecule has 0 bridgehead atoms. The number of halogens is 1. The number of hydrogen-bond acceptors (Lipinski definition) is 0. The number of fused-ring (bicyclic) bond motifs is 3.